The van der Waals surface area contributed by atoms with Crippen LogP contribution in [0, 0.1) is 0 Å². The summed E-state index contributed by atoms with van der Waals surface area (Å²) in [6.07, 6.45) is 3.05. The number of rotatable bonds is 1. The molecule has 0 bridgehead atoms. The van der Waals surface area contributed by atoms with E-state index in [1.165, 1.54) is 0 Å². The first-order valence-corrected chi connectivity index (χ1v) is 4.30. The number of nitrogens with zero attached hydrogens (tertiary/aromatic N) is 1. The average Bonchev–Trinajstić information content (AvgIpc) is 2.16. The molecule has 64 valence electrons. The molecule has 3 nitrogen and oxygen atoms in total. The highest BCUT2D eigenvalue weighted by Crippen LogP contribution is 2.09. The van der Waals surface area contributed by atoms with E-state index < -0.39 is 0 Å². The van der Waals surface area contributed by atoms with Gasteiger partial charge in [0.2, 0.25) is 5.91 Å². The summed E-state index contributed by atoms with van der Waals surface area (Å²) in [4.78, 5) is 13.2. The van der Waals surface area contributed by atoms with Crippen molar-refractivity contribution >= 4 is 5.91 Å². The first kappa shape index (κ1) is 8.53. The van der Waals surface area contributed by atoms with Gasteiger partial charge in [0.25, 0.3) is 0 Å². The number of nitrogens with two attached hydrogens (primary N) is 1. The Kier molecular flexibility index (Phi) is 2.88. The molecule has 1 amide bonds. The second-order valence-electron chi connectivity index (χ2n) is 3.02. The molecule has 0 aromatic heterocycles. The van der Waals surface area contributed by atoms with Gasteiger partial charge in [-0.25, -0.2) is 0 Å². The number of carbonyl (C=O) groups is 1. The third kappa shape index (κ3) is 1.93. The van der Waals surface area contributed by atoms with E-state index in [0.29, 0.717) is 0 Å². The molecule has 1 heterocycles. The van der Waals surface area contributed by atoms with Gasteiger partial charge in [0.05, 0.1) is 6.04 Å². The summed E-state index contributed by atoms with van der Waals surface area (Å²) >= 11 is 0. The lowest BCUT2D eigenvalue weighted by atomic mass is 10.1. The van der Waals surface area contributed by atoms with Gasteiger partial charge in [-0.15, -0.1) is 0 Å². The molecule has 2 N–H and O–H groups in total. The van der Waals surface area contributed by atoms with Gasteiger partial charge in [-0.1, -0.05) is 0 Å². The van der Waals surface area contributed by atoms with Crippen molar-refractivity contribution in [3.05, 3.63) is 0 Å². The summed E-state index contributed by atoms with van der Waals surface area (Å²) in [5, 5.41) is 0. The zero-order chi connectivity index (χ0) is 8.27. The number of hydrogen-bond acceptors (Lipinski definition) is 2. The molecular formula is C8H16N2O. The Labute approximate surface area is 67.5 Å². The van der Waals surface area contributed by atoms with Crippen LogP contribution in [0.2, 0.25) is 0 Å². The molecule has 3 heteroatoms. The summed E-state index contributed by atoms with van der Waals surface area (Å²) in [5.74, 6) is 0.130. The minimum atomic E-state index is -0.238. The molecule has 0 aliphatic carbocycles. The Morgan fingerprint density at radius 3 is 3.00 bits per heavy atom. The van der Waals surface area contributed by atoms with E-state index in [2.05, 4.69) is 0 Å². The minimum Gasteiger partial charge on any atom is -0.342 e. The molecule has 1 aliphatic heterocycles. The van der Waals surface area contributed by atoms with Gasteiger partial charge >= 0.3 is 0 Å². The van der Waals surface area contributed by atoms with E-state index in [-0.39, 0.29) is 11.9 Å². The van der Waals surface area contributed by atoms with Crippen LogP contribution in [0.5, 0.6) is 0 Å². The molecule has 0 aromatic rings. The van der Waals surface area contributed by atoms with Crippen LogP contribution < -0.4 is 5.73 Å². The van der Waals surface area contributed by atoms with Crippen molar-refractivity contribution in [2.75, 3.05) is 13.1 Å². The maximum Gasteiger partial charge on any atom is 0.239 e. The van der Waals surface area contributed by atoms with E-state index in [1.54, 1.807) is 0 Å². The highest BCUT2D eigenvalue weighted by Gasteiger charge is 2.21. The third-order valence-corrected chi connectivity index (χ3v) is 2.20. The fourth-order valence-electron chi connectivity index (χ4n) is 1.45. The van der Waals surface area contributed by atoms with Gasteiger partial charge < -0.3 is 10.6 Å². The van der Waals surface area contributed by atoms with E-state index in [4.69, 9.17) is 5.73 Å². The van der Waals surface area contributed by atoms with Crippen molar-refractivity contribution in [2.24, 2.45) is 5.73 Å². The van der Waals surface area contributed by atoms with Crippen LogP contribution in [0.3, 0.4) is 0 Å². The monoisotopic (exact) mass is 156 g/mol. The highest BCUT2D eigenvalue weighted by atomic mass is 16.2. The molecule has 1 rings (SSSR count). The Balaban J connectivity index is 2.56. The number of amides is 1. The lowest BCUT2D eigenvalue weighted by Gasteiger charge is -2.20. The molecular weight excluding hydrogens is 140 g/mol. The van der Waals surface area contributed by atoms with Crippen LogP contribution in [-0.4, -0.2) is 29.9 Å². The Morgan fingerprint density at radius 1 is 1.64 bits per heavy atom. The van der Waals surface area contributed by atoms with E-state index in [1.807, 2.05) is 11.8 Å². The number of carbonyl (C=O) groups excluding carboxylic acids is 1. The van der Waals surface area contributed by atoms with E-state index in [0.717, 1.165) is 32.4 Å². The van der Waals surface area contributed by atoms with Crippen molar-refractivity contribution in [3.63, 3.8) is 0 Å². The van der Waals surface area contributed by atoms with Crippen LogP contribution >= 0.6 is 0 Å². The second kappa shape index (κ2) is 3.72. The molecule has 0 spiro atoms. The zero-order valence-corrected chi connectivity index (χ0v) is 7.05. The molecule has 0 unspecified atom stereocenters. The standard InChI is InChI=1S/C8H16N2O/c1-2-10-6-4-3-5-7(9)8(10)11/h7H,2-6,9H2,1H3/t7-/m1/s1. The quantitative estimate of drug-likeness (QED) is 0.595. The van der Waals surface area contributed by atoms with Gasteiger partial charge in [0, 0.05) is 13.1 Å². The van der Waals surface area contributed by atoms with Crippen molar-refractivity contribution < 1.29 is 4.79 Å². The van der Waals surface area contributed by atoms with Gasteiger partial charge in [0.15, 0.2) is 0 Å². The number of likely N-dealkylation sites (tertiary alicyclic amines) is 1. The predicted molar refractivity (Wildman–Crippen MR) is 44.1 cm³/mol. The molecule has 0 radical (unpaired) electrons. The highest BCUT2D eigenvalue weighted by molar-refractivity contribution is 5.81. The smallest absolute Gasteiger partial charge is 0.239 e. The maximum absolute atomic E-state index is 11.4. The second-order valence-corrected chi connectivity index (χ2v) is 3.02. The normalized spacial score (nSPS) is 26.9. The van der Waals surface area contributed by atoms with Crippen LogP contribution in [0.4, 0.5) is 0 Å². The first-order valence-electron chi connectivity index (χ1n) is 4.30. The van der Waals surface area contributed by atoms with Crippen LogP contribution in [0.1, 0.15) is 26.2 Å². The third-order valence-electron chi connectivity index (χ3n) is 2.20. The van der Waals surface area contributed by atoms with Crippen molar-refractivity contribution in [3.8, 4) is 0 Å². The molecule has 0 saturated carbocycles. The Bertz CT molecular complexity index is 147. The molecule has 11 heavy (non-hydrogen) atoms. The topological polar surface area (TPSA) is 46.3 Å². The Hall–Kier alpha value is -0.570. The van der Waals surface area contributed by atoms with Gasteiger partial charge in [-0.05, 0) is 26.2 Å². The maximum atomic E-state index is 11.4. The van der Waals surface area contributed by atoms with Crippen LogP contribution in [-0.2, 0) is 4.79 Å². The fraction of sp³-hybridized carbons (Fsp3) is 0.875. The summed E-state index contributed by atoms with van der Waals surface area (Å²) in [6.45, 7) is 3.69. The van der Waals surface area contributed by atoms with Gasteiger partial charge in [-0.2, -0.15) is 0 Å². The lowest BCUT2D eigenvalue weighted by molar-refractivity contribution is -0.131. The number of hydrogen-bond donors (Lipinski definition) is 1. The molecule has 1 saturated heterocycles. The lowest BCUT2D eigenvalue weighted by Crippen LogP contribution is -2.42. The van der Waals surface area contributed by atoms with Crippen molar-refractivity contribution in [1.29, 1.82) is 0 Å². The van der Waals surface area contributed by atoms with Gasteiger partial charge in [0.1, 0.15) is 0 Å². The van der Waals surface area contributed by atoms with Crippen molar-refractivity contribution in [2.45, 2.75) is 32.2 Å². The van der Waals surface area contributed by atoms with E-state index in [9.17, 15) is 4.79 Å². The van der Waals surface area contributed by atoms with Gasteiger partial charge in [-0.3, -0.25) is 4.79 Å². The minimum absolute atomic E-state index is 0.130. The molecule has 1 atom stereocenters. The average molecular weight is 156 g/mol. The summed E-state index contributed by atoms with van der Waals surface area (Å²) in [5.41, 5.74) is 5.65. The fourth-order valence-corrected chi connectivity index (χ4v) is 1.45. The predicted octanol–water partition coefficient (Wildman–Crippen LogP) is 0.346. The largest absolute Gasteiger partial charge is 0.342 e. The SMILES string of the molecule is CCN1CCCC[C@@H](N)C1=O. The Morgan fingerprint density at radius 2 is 2.36 bits per heavy atom. The van der Waals surface area contributed by atoms with Crippen LogP contribution in [0.15, 0.2) is 0 Å². The summed E-state index contributed by atoms with van der Waals surface area (Å²) in [7, 11) is 0. The zero-order valence-electron chi connectivity index (χ0n) is 7.05. The first-order chi connectivity index (χ1) is 5.25. The van der Waals surface area contributed by atoms with E-state index >= 15 is 0 Å². The molecule has 1 fully saturated rings. The summed E-state index contributed by atoms with van der Waals surface area (Å²) in [6, 6.07) is -0.238. The molecule has 0 aromatic carbocycles. The summed E-state index contributed by atoms with van der Waals surface area (Å²) < 4.78 is 0. The molecule has 1 aliphatic rings. The number of likely N-dealkylation sites (N-methyl/N-ethyl adjacent to an activating group) is 1. The van der Waals surface area contributed by atoms with Crippen molar-refractivity contribution in [1.82, 2.24) is 4.90 Å². The van der Waals surface area contributed by atoms with Crippen LogP contribution in [0.25, 0.3) is 0 Å².